The van der Waals surface area contributed by atoms with Crippen LogP contribution in [0.5, 0.6) is 0 Å². The third kappa shape index (κ3) is 2.77. The van der Waals surface area contributed by atoms with E-state index in [0.717, 1.165) is 33.4 Å². The van der Waals surface area contributed by atoms with Gasteiger partial charge >= 0.3 is 6.03 Å². The van der Waals surface area contributed by atoms with Gasteiger partial charge < -0.3 is 0 Å². The molecule has 0 atom stereocenters. The van der Waals surface area contributed by atoms with E-state index in [2.05, 4.69) is 0 Å². The molecule has 0 saturated carbocycles. The largest absolute Gasteiger partial charge is 0.328 e. The molecule has 0 N–H and O–H groups in total. The van der Waals surface area contributed by atoms with Gasteiger partial charge in [-0.15, -0.1) is 0 Å². The number of nitrogens with zero attached hydrogens (tertiary/aromatic N) is 2. The number of amides is 3. The molecule has 0 aromatic heterocycles. The SMILES string of the molecule is O=C1N(Cc2ccccc2)C(=O)C2(c3ccccc3-c3ccccc32)N1Cc1ccccc1. The van der Waals surface area contributed by atoms with Gasteiger partial charge in [0.05, 0.1) is 6.54 Å². The zero-order chi connectivity index (χ0) is 22.4. The van der Waals surface area contributed by atoms with Gasteiger partial charge in [-0.05, 0) is 33.4 Å². The van der Waals surface area contributed by atoms with Gasteiger partial charge in [-0.3, -0.25) is 14.6 Å². The summed E-state index contributed by atoms with van der Waals surface area (Å²) in [6, 6.07) is 35.2. The summed E-state index contributed by atoms with van der Waals surface area (Å²) in [6.07, 6.45) is 0. The van der Waals surface area contributed by atoms with Crippen LogP contribution in [-0.4, -0.2) is 21.7 Å². The van der Waals surface area contributed by atoms with Gasteiger partial charge in [0, 0.05) is 6.54 Å². The Morgan fingerprint density at radius 1 is 0.545 bits per heavy atom. The van der Waals surface area contributed by atoms with Crippen molar-refractivity contribution >= 4 is 11.9 Å². The average Bonchev–Trinajstić information content (AvgIpc) is 3.27. The van der Waals surface area contributed by atoms with Crippen LogP contribution in [0.3, 0.4) is 0 Å². The minimum absolute atomic E-state index is 0.190. The Hall–Kier alpha value is -4.18. The Bertz CT molecular complexity index is 1320. The van der Waals surface area contributed by atoms with E-state index in [0.29, 0.717) is 6.54 Å². The van der Waals surface area contributed by atoms with E-state index in [1.807, 2.05) is 109 Å². The number of imide groups is 1. The third-order valence-corrected chi connectivity index (χ3v) is 6.71. The Labute approximate surface area is 192 Å². The standard InChI is InChI=1S/C29H22N2O2/c32-27-29(25-17-9-7-15-23(25)24-16-8-10-18-26(24)29)31(20-22-13-5-2-6-14-22)28(33)30(27)19-21-11-3-1-4-12-21/h1-18H,19-20H2. The van der Waals surface area contributed by atoms with Gasteiger partial charge in [-0.1, -0.05) is 109 Å². The predicted octanol–water partition coefficient (Wildman–Crippen LogP) is 5.58. The fourth-order valence-corrected chi connectivity index (χ4v) is 5.28. The van der Waals surface area contributed by atoms with Gasteiger partial charge in [0.15, 0.2) is 5.54 Å². The third-order valence-electron chi connectivity index (χ3n) is 6.71. The van der Waals surface area contributed by atoms with Crippen molar-refractivity contribution in [2.45, 2.75) is 18.6 Å². The average molecular weight is 431 g/mol. The molecule has 2 aliphatic rings. The van der Waals surface area contributed by atoms with Crippen molar-refractivity contribution in [1.82, 2.24) is 9.80 Å². The van der Waals surface area contributed by atoms with E-state index in [9.17, 15) is 9.59 Å². The highest BCUT2D eigenvalue weighted by Crippen LogP contribution is 2.54. The molecule has 33 heavy (non-hydrogen) atoms. The highest BCUT2D eigenvalue weighted by Gasteiger charge is 2.62. The Kier molecular flexibility index (Phi) is 4.40. The lowest BCUT2D eigenvalue weighted by molar-refractivity contribution is -0.132. The number of hydrogen-bond donors (Lipinski definition) is 0. The molecule has 0 unspecified atom stereocenters. The second kappa shape index (κ2) is 7.45. The topological polar surface area (TPSA) is 40.6 Å². The van der Waals surface area contributed by atoms with Crippen LogP contribution in [0.4, 0.5) is 4.79 Å². The first-order chi connectivity index (χ1) is 16.2. The molecule has 4 aromatic carbocycles. The van der Waals surface area contributed by atoms with Crippen molar-refractivity contribution < 1.29 is 9.59 Å². The molecule has 1 heterocycles. The molecule has 1 aliphatic carbocycles. The van der Waals surface area contributed by atoms with E-state index < -0.39 is 5.54 Å². The number of urea groups is 1. The molecule has 160 valence electrons. The monoisotopic (exact) mass is 430 g/mol. The van der Waals surface area contributed by atoms with Crippen molar-refractivity contribution in [2.24, 2.45) is 0 Å². The second-order valence-electron chi connectivity index (χ2n) is 8.53. The maximum absolute atomic E-state index is 14.3. The van der Waals surface area contributed by atoms with Crippen LogP contribution in [0.25, 0.3) is 11.1 Å². The maximum atomic E-state index is 14.3. The number of rotatable bonds is 4. The molecule has 3 amide bonds. The molecule has 4 nitrogen and oxygen atoms in total. The van der Waals surface area contributed by atoms with Crippen molar-refractivity contribution in [3.63, 3.8) is 0 Å². The molecule has 4 heteroatoms. The van der Waals surface area contributed by atoms with Gasteiger partial charge in [0.1, 0.15) is 0 Å². The lowest BCUT2D eigenvalue weighted by Gasteiger charge is -2.33. The molecule has 1 spiro atoms. The molecule has 6 rings (SSSR count). The normalized spacial score (nSPS) is 15.8. The molecule has 0 bridgehead atoms. The fraction of sp³-hybridized carbons (Fsp3) is 0.103. The smallest absolute Gasteiger partial charge is 0.297 e. The Morgan fingerprint density at radius 2 is 1.00 bits per heavy atom. The molecule has 4 aromatic rings. The van der Waals surface area contributed by atoms with E-state index >= 15 is 0 Å². The van der Waals surface area contributed by atoms with Gasteiger partial charge in [0.25, 0.3) is 5.91 Å². The van der Waals surface area contributed by atoms with Crippen LogP contribution in [-0.2, 0) is 23.4 Å². The Morgan fingerprint density at radius 3 is 1.55 bits per heavy atom. The van der Waals surface area contributed by atoms with Crippen molar-refractivity contribution in [3.05, 3.63) is 131 Å². The number of hydrogen-bond acceptors (Lipinski definition) is 2. The highest BCUT2D eigenvalue weighted by molar-refractivity contribution is 6.13. The van der Waals surface area contributed by atoms with Crippen molar-refractivity contribution in [1.29, 1.82) is 0 Å². The molecule has 1 aliphatic heterocycles. The van der Waals surface area contributed by atoms with Gasteiger partial charge in [-0.25, -0.2) is 4.79 Å². The summed E-state index contributed by atoms with van der Waals surface area (Å²) in [5, 5.41) is 0. The van der Waals surface area contributed by atoms with Crippen LogP contribution < -0.4 is 0 Å². The van der Waals surface area contributed by atoms with E-state index in [1.165, 1.54) is 4.90 Å². The molecule has 1 saturated heterocycles. The summed E-state index contributed by atoms with van der Waals surface area (Å²) in [7, 11) is 0. The van der Waals surface area contributed by atoms with E-state index in [4.69, 9.17) is 0 Å². The van der Waals surface area contributed by atoms with Crippen molar-refractivity contribution in [2.75, 3.05) is 0 Å². The minimum atomic E-state index is -1.17. The number of benzene rings is 4. The first-order valence-electron chi connectivity index (χ1n) is 11.1. The molecule has 0 radical (unpaired) electrons. The van der Waals surface area contributed by atoms with Crippen LogP contribution in [0.15, 0.2) is 109 Å². The van der Waals surface area contributed by atoms with Crippen LogP contribution in [0, 0.1) is 0 Å². The maximum Gasteiger partial charge on any atom is 0.328 e. The van der Waals surface area contributed by atoms with E-state index in [1.54, 1.807) is 4.90 Å². The summed E-state index contributed by atoms with van der Waals surface area (Å²) in [5.74, 6) is -0.190. The summed E-state index contributed by atoms with van der Waals surface area (Å²) < 4.78 is 0. The zero-order valence-corrected chi connectivity index (χ0v) is 18.0. The lowest BCUT2D eigenvalue weighted by atomic mass is 9.85. The number of fused-ring (bicyclic) bond motifs is 5. The summed E-state index contributed by atoms with van der Waals surface area (Å²) in [4.78, 5) is 31.4. The molecular formula is C29H22N2O2. The van der Waals surface area contributed by atoms with Crippen LogP contribution in [0.2, 0.25) is 0 Å². The van der Waals surface area contributed by atoms with Crippen molar-refractivity contribution in [3.8, 4) is 11.1 Å². The van der Waals surface area contributed by atoms with Crippen LogP contribution in [0.1, 0.15) is 22.3 Å². The fourth-order valence-electron chi connectivity index (χ4n) is 5.28. The number of carbonyl (C=O) groups is 2. The minimum Gasteiger partial charge on any atom is -0.297 e. The Balaban J connectivity index is 1.57. The highest BCUT2D eigenvalue weighted by atomic mass is 16.2. The molecule has 1 fully saturated rings. The first-order valence-corrected chi connectivity index (χ1v) is 11.1. The lowest BCUT2D eigenvalue weighted by Crippen LogP contribution is -2.46. The first kappa shape index (κ1) is 19.5. The van der Waals surface area contributed by atoms with Gasteiger partial charge in [-0.2, -0.15) is 0 Å². The van der Waals surface area contributed by atoms with E-state index in [-0.39, 0.29) is 18.5 Å². The second-order valence-corrected chi connectivity index (χ2v) is 8.53. The molecular weight excluding hydrogens is 408 g/mol. The van der Waals surface area contributed by atoms with Crippen LogP contribution >= 0.6 is 0 Å². The predicted molar refractivity (Wildman–Crippen MR) is 127 cm³/mol. The summed E-state index contributed by atoms with van der Waals surface area (Å²) in [6.45, 7) is 0.593. The summed E-state index contributed by atoms with van der Waals surface area (Å²) in [5.41, 5.74) is 4.50. The number of carbonyl (C=O) groups excluding carboxylic acids is 2. The zero-order valence-electron chi connectivity index (χ0n) is 18.0. The van der Waals surface area contributed by atoms with Gasteiger partial charge in [0.2, 0.25) is 0 Å². The summed E-state index contributed by atoms with van der Waals surface area (Å²) >= 11 is 0. The quantitative estimate of drug-likeness (QED) is 0.397.